The molecule has 0 fully saturated rings. The Balaban J connectivity index is 2.23. The Morgan fingerprint density at radius 1 is 1.13 bits per heavy atom. The molecular formula is C18H24N4O. The van der Waals surface area contributed by atoms with Gasteiger partial charge >= 0.3 is 0 Å². The summed E-state index contributed by atoms with van der Waals surface area (Å²) in [4.78, 5) is 20.9. The highest BCUT2D eigenvalue weighted by atomic mass is 16.1. The smallest absolute Gasteiger partial charge is 0.270 e. The van der Waals surface area contributed by atoms with Gasteiger partial charge in [-0.15, -0.1) is 0 Å². The first-order valence-electron chi connectivity index (χ1n) is 7.83. The topological polar surface area (TPSA) is 66.9 Å². The van der Waals surface area contributed by atoms with Crippen molar-refractivity contribution in [2.24, 2.45) is 5.92 Å². The molecule has 2 rings (SSSR count). The second-order valence-corrected chi connectivity index (χ2v) is 6.27. The first-order chi connectivity index (χ1) is 10.8. The predicted molar refractivity (Wildman–Crippen MR) is 93.1 cm³/mol. The number of carbonyl (C=O) groups excluding carboxylic acids is 1. The van der Waals surface area contributed by atoms with E-state index >= 15 is 0 Å². The summed E-state index contributed by atoms with van der Waals surface area (Å²) in [5, 5.41) is 6.09. The van der Waals surface area contributed by atoms with E-state index in [1.807, 2.05) is 32.9 Å². The second-order valence-electron chi connectivity index (χ2n) is 6.27. The van der Waals surface area contributed by atoms with Crippen molar-refractivity contribution in [1.29, 1.82) is 0 Å². The van der Waals surface area contributed by atoms with Gasteiger partial charge in [0.15, 0.2) is 0 Å². The first-order valence-corrected chi connectivity index (χ1v) is 7.83. The Bertz CT molecular complexity index is 710. The molecule has 122 valence electrons. The van der Waals surface area contributed by atoms with Gasteiger partial charge in [0.25, 0.3) is 5.91 Å². The number of amides is 1. The van der Waals surface area contributed by atoms with Crippen LogP contribution in [-0.4, -0.2) is 22.4 Å². The zero-order chi connectivity index (χ0) is 17.0. The van der Waals surface area contributed by atoms with E-state index in [0.29, 0.717) is 24.1 Å². The number of rotatable bonds is 5. The molecule has 2 N–H and O–H groups in total. The summed E-state index contributed by atoms with van der Waals surface area (Å²) in [6.45, 7) is 10.6. The largest absolute Gasteiger partial charge is 0.350 e. The monoisotopic (exact) mass is 312 g/mol. The maximum Gasteiger partial charge on any atom is 0.270 e. The van der Waals surface area contributed by atoms with Crippen molar-refractivity contribution >= 4 is 17.5 Å². The molecule has 1 aromatic heterocycles. The van der Waals surface area contributed by atoms with Gasteiger partial charge in [-0.2, -0.15) is 0 Å². The maximum atomic E-state index is 12.2. The van der Waals surface area contributed by atoms with Gasteiger partial charge in [-0.3, -0.25) is 4.79 Å². The molecule has 0 atom stereocenters. The number of hydrogen-bond acceptors (Lipinski definition) is 4. The van der Waals surface area contributed by atoms with E-state index in [4.69, 9.17) is 0 Å². The van der Waals surface area contributed by atoms with Crippen LogP contribution in [0.3, 0.4) is 0 Å². The molecular weight excluding hydrogens is 288 g/mol. The van der Waals surface area contributed by atoms with Crippen molar-refractivity contribution in [3.63, 3.8) is 0 Å². The lowest BCUT2D eigenvalue weighted by molar-refractivity contribution is 0.0944. The van der Waals surface area contributed by atoms with Crippen LogP contribution in [0.4, 0.5) is 11.6 Å². The summed E-state index contributed by atoms with van der Waals surface area (Å²) in [6, 6.07) is 7.84. The van der Waals surface area contributed by atoms with Crippen LogP contribution in [0.2, 0.25) is 0 Å². The Morgan fingerprint density at radius 3 is 2.57 bits per heavy atom. The summed E-state index contributed by atoms with van der Waals surface area (Å²) >= 11 is 0. The van der Waals surface area contributed by atoms with Crippen LogP contribution in [0, 0.1) is 26.7 Å². The highest BCUT2D eigenvalue weighted by Crippen LogP contribution is 2.20. The maximum absolute atomic E-state index is 12.2. The summed E-state index contributed by atoms with van der Waals surface area (Å²) < 4.78 is 0. The number of anilines is 2. The van der Waals surface area contributed by atoms with Gasteiger partial charge in [0.05, 0.1) is 0 Å². The zero-order valence-electron chi connectivity index (χ0n) is 14.4. The van der Waals surface area contributed by atoms with Gasteiger partial charge in [-0.05, 0) is 49.9 Å². The quantitative estimate of drug-likeness (QED) is 0.886. The fourth-order valence-corrected chi connectivity index (χ4v) is 2.12. The second kappa shape index (κ2) is 7.22. The number of benzene rings is 1. The van der Waals surface area contributed by atoms with E-state index in [2.05, 4.69) is 40.5 Å². The third kappa shape index (κ3) is 4.77. The van der Waals surface area contributed by atoms with Gasteiger partial charge in [0, 0.05) is 17.9 Å². The zero-order valence-corrected chi connectivity index (χ0v) is 14.4. The predicted octanol–water partition coefficient (Wildman–Crippen LogP) is 3.53. The lowest BCUT2D eigenvalue weighted by Crippen LogP contribution is -2.28. The van der Waals surface area contributed by atoms with E-state index in [9.17, 15) is 4.79 Å². The minimum Gasteiger partial charge on any atom is -0.350 e. The molecule has 0 saturated carbocycles. The van der Waals surface area contributed by atoms with Gasteiger partial charge < -0.3 is 10.6 Å². The molecule has 0 aliphatic rings. The van der Waals surface area contributed by atoms with Gasteiger partial charge in [-0.25, -0.2) is 9.97 Å². The molecule has 23 heavy (non-hydrogen) atoms. The Kier molecular flexibility index (Phi) is 5.32. The third-order valence-corrected chi connectivity index (χ3v) is 3.40. The van der Waals surface area contributed by atoms with Gasteiger partial charge in [0.2, 0.25) is 5.95 Å². The van der Waals surface area contributed by atoms with Crippen molar-refractivity contribution in [2.45, 2.75) is 34.6 Å². The van der Waals surface area contributed by atoms with Crippen molar-refractivity contribution in [3.05, 3.63) is 46.8 Å². The van der Waals surface area contributed by atoms with Crippen LogP contribution in [0.5, 0.6) is 0 Å². The Morgan fingerprint density at radius 2 is 1.87 bits per heavy atom. The number of aryl methyl sites for hydroxylation is 3. The lowest BCUT2D eigenvalue weighted by Gasteiger charge is -2.12. The van der Waals surface area contributed by atoms with Crippen LogP contribution in [-0.2, 0) is 0 Å². The molecule has 0 spiro atoms. The molecule has 0 aliphatic heterocycles. The molecule has 1 heterocycles. The standard InChI is InChI=1S/C18H24N4O/c1-11(2)10-19-17(23)16-9-14(5)20-18(22-16)21-15-8-12(3)6-7-13(15)4/h6-9,11H,10H2,1-5H3,(H,19,23)(H,20,21,22). The fourth-order valence-electron chi connectivity index (χ4n) is 2.12. The average Bonchev–Trinajstić information content (AvgIpc) is 2.48. The van der Waals surface area contributed by atoms with E-state index in [1.54, 1.807) is 6.07 Å². The number of nitrogens with one attached hydrogen (secondary N) is 2. The van der Waals surface area contributed by atoms with Crippen molar-refractivity contribution in [3.8, 4) is 0 Å². The average molecular weight is 312 g/mol. The molecule has 0 saturated heterocycles. The molecule has 1 aromatic carbocycles. The Labute approximate surface area is 137 Å². The van der Waals surface area contributed by atoms with Gasteiger partial charge in [-0.1, -0.05) is 26.0 Å². The SMILES string of the molecule is Cc1ccc(C)c(Nc2nc(C)cc(C(=O)NCC(C)C)n2)c1. The molecule has 5 nitrogen and oxygen atoms in total. The van der Waals surface area contributed by atoms with Crippen molar-refractivity contribution in [1.82, 2.24) is 15.3 Å². The van der Waals surface area contributed by atoms with Crippen LogP contribution in [0.15, 0.2) is 24.3 Å². The molecule has 0 unspecified atom stereocenters. The van der Waals surface area contributed by atoms with Crippen LogP contribution >= 0.6 is 0 Å². The molecule has 5 heteroatoms. The van der Waals surface area contributed by atoms with E-state index < -0.39 is 0 Å². The normalized spacial score (nSPS) is 10.7. The van der Waals surface area contributed by atoms with Crippen molar-refractivity contribution < 1.29 is 4.79 Å². The van der Waals surface area contributed by atoms with Crippen LogP contribution < -0.4 is 10.6 Å². The van der Waals surface area contributed by atoms with E-state index in [-0.39, 0.29) is 5.91 Å². The molecule has 0 aliphatic carbocycles. The van der Waals surface area contributed by atoms with Gasteiger partial charge in [0.1, 0.15) is 5.69 Å². The summed E-state index contributed by atoms with van der Waals surface area (Å²) in [5.74, 6) is 0.663. The highest BCUT2D eigenvalue weighted by molar-refractivity contribution is 5.92. The summed E-state index contributed by atoms with van der Waals surface area (Å²) in [7, 11) is 0. The van der Waals surface area contributed by atoms with Crippen molar-refractivity contribution in [2.75, 3.05) is 11.9 Å². The molecule has 2 aromatic rings. The number of aromatic nitrogens is 2. The molecule has 0 radical (unpaired) electrons. The fraction of sp³-hybridized carbons (Fsp3) is 0.389. The number of nitrogens with zero attached hydrogens (tertiary/aromatic N) is 2. The third-order valence-electron chi connectivity index (χ3n) is 3.40. The first kappa shape index (κ1) is 16.9. The molecule has 1 amide bonds. The van der Waals surface area contributed by atoms with E-state index in [1.165, 1.54) is 0 Å². The molecule has 0 bridgehead atoms. The minimum absolute atomic E-state index is 0.173. The summed E-state index contributed by atoms with van der Waals surface area (Å²) in [6.07, 6.45) is 0. The number of hydrogen-bond donors (Lipinski definition) is 2. The van der Waals surface area contributed by atoms with Crippen LogP contribution in [0.1, 0.15) is 41.2 Å². The van der Waals surface area contributed by atoms with E-state index in [0.717, 1.165) is 22.5 Å². The van der Waals surface area contributed by atoms with Crippen LogP contribution in [0.25, 0.3) is 0 Å². The minimum atomic E-state index is -0.173. The Hall–Kier alpha value is -2.43. The highest BCUT2D eigenvalue weighted by Gasteiger charge is 2.11. The number of carbonyl (C=O) groups is 1. The summed E-state index contributed by atoms with van der Waals surface area (Å²) in [5.41, 5.74) is 4.34. The lowest BCUT2D eigenvalue weighted by atomic mass is 10.1.